The minimum atomic E-state index is -0.186. The van der Waals surface area contributed by atoms with Crippen LogP contribution in [0.4, 0.5) is 4.39 Å². The number of rotatable bonds is 3. The lowest BCUT2D eigenvalue weighted by atomic mass is 9.95. The molecule has 2 atom stereocenters. The van der Waals surface area contributed by atoms with E-state index in [0.29, 0.717) is 5.92 Å². The highest BCUT2D eigenvalue weighted by Crippen LogP contribution is 2.33. The summed E-state index contributed by atoms with van der Waals surface area (Å²) in [6, 6.07) is 15.0. The molecule has 1 aliphatic heterocycles. The minimum absolute atomic E-state index is 0.186. The van der Waals surface area contributed by atoms with E-state index in [-0.39, 0.29) is 11.9 Å². The molecule has 1 saturated heterocycles. The van der Waals surface area contributed by atoms with E-state index in [0.717, 1.165) is 48.5 Å². The van der Waals surface area contributed by atoms with Crippen LogP contribution in [0.2, 0.25) is 0 Å². The van der Waals surface area contributed by atoms with Crippen molar-refractivity contribution in [2.24, 2.45) is 0 Å². The number of piperidine rings is 1. The van der Waals surface area contributed by atoms with Crippen molar-refractivity contribution in [1.29, 1.82) is 0 Å². The summed E-state index contributed by atoms with van der Waals surface area (Å²) < 4.78 is 19.1. The van der Waals surface area contributed by atoms with Crippen LogP contribution in [0.5, 0.6) is 0 Å². The molecule has 4 rings (SSSR count). The highest BCUT2D eigenvalue weighted by Gasteiger charge is 2.28. The Bertz CT molecular complexity index is 794. The van der Waals surface area contributed by atoms with Gasteiger partial charge in [0, 0.05) is 18.5 Å². The molecule has 0 unspecified atom stereocenters. The molecule has 24 heavy (non-hydrogen) atoms. The molecule has 2 aromatic carbocycles. The lowest BCUT2D eigenvalue weighted by Crippen LogP contribution is -2.36. The summed E-state index contributed by atoms with van der Waals surface area (Å²) in [4.78, 5) is 7.11. The van der Waals surface area contributed by atoms with Crippen molar-refractivity contribution in [2.45, 2.75) is 31.7 Å². The van der Waals surface area contributed by atoms with Crippen LogP contribution < -0.4 is 0 Å². The first-order valence-electron chi connectivity index (χ1n) is 8.56. The first-order valence-corrected chi connectivity index (χ1v) is 8.56. The molecule has 3 aromatic rings. The van der Waals surface area contributed by atoms with E-state index < -0.39 is 0 Å². The second kappa shape index (κ2) is 6.36. The van der Waals surface area contributed by atoms with Gasteiger partial charge in [-0.2, -0.15) is 0 Å². The number of likely N-dealkylation sites (tertiary alicyclic amines) is 1. The van der Waals surface area contributed by atoms with Crippen LogP contribution in [0.25, 0.3) is 11.1 Å². The smallest absolute Gasteiger partial charge is 0.199 e. The monoisotopic (exact) mass is 324 g/mol. The van der Waals surface area contributed by atoms with Gasteiger partial charge in [-0.15, -0.1) is 0 Å². The maximum Gasteiger partial charge on any atom is 0.199 e. The molecule has 0 spiro atoms. The van der Waals surface area contributed by atoms with Crippen molar-refractivity contribution < 1.29 is 8.81 Å². The number of aromatic nitrogens is 1. The van der Waals surface area contributed by atoms with Gasteiger partial charge in [-0.1, -0.05) is 24.3 Å². The molecule has 0 aliphatic carbocycles. The quantitative estimate of drug-likeness (QED) is 0.685. The molecular weight excluding hydrogens is 303 g/mol. The number of hydrogen-bond donors (Lipinski definition) is 0. The average molecular weight is 324 g/mol. The molecule has 4 heteroatoms. The van der Waals surface area contributed by atoms with Crippen molar-refractivity contribution in [3.8, 4) is 0 Å². The Hall–Kier alpha value is -2.20. The average Bonchev–Trinajstić information content (AvgIpc) is 3.06. The summed E-state index contributed by atoms with van der Waals surface area (Å²) in [5.41, 5.74) is 2.93. The SMILES string of the molecule is C[C@@H](c1ccc(F)cc1)N1CCC[C@H](c2nc3ccccc3o2)C1. The Balaban J connectivity index is 1.53. The number of fused-ring (bicyclic) bond motifs is 1. The zero-order chi connectivity index (χ0) is 16.5. The van der Waals surface area contributed by atoms with Crippen molar-refractivity contribution in [1.82, 2.24) is 9.88 Å². The second-order valence-electron chi connectivity index (χ2n) is 6.58. The minimum Gasteiger partial charge on any atom is -0.440 e. The van der Waals surface area contributed by atoms with Crippen LogP contribution in [-0.4, -0.2) is 23.0 Å². The Morgan fingerprint density at radius 2 is 1.96 bits per heavy atom. The third kappa shape index (κ3) is 2.94. The Morgan fingerprint density at radius 1 is 1.17 bits per heavy atom. The van der Waals surface area contributed by atoms with Crippen LogP contribution in [0.3, 0.4) is 0 Å². The molecule has 0 N–H and O–H groups in total. The van der Waals surface area contributed by atoms with Crippen LogP contribution in [0, 0.1) is 5.82 Å². The van der Waals surface area contributed by atoms with Gasteiger partial charge in [0.05, 0.1) is 0 Å². The van der Waals surface area contributed by atoms with E-state index in [1.54, 1.807) is 0 Å². The first-order chi connectivity index (χ1) is 11.7. The predicted molar refractivity (Wildman–Crippen MR) is 92.4 cm³/mol. The number of halogens is 1. The van der Waals surface area contributed by atoms with E-state index in [9.17, 15) is 4.39 Å². The van der Waals surface area contributed by atoms with Crippen LogP contribution in [-0.2, 0) is 0 Å². The molecule has 0 saturated carbocycles. The zero-order valence-electron chi connectivity index (χ0n) is 13.8. The molecule has 1 fully saturated rings. The Kier molecular flexibility index (Phi) is 4.07. The van der Waals surface area contributed by atoms with Crippen LogP contribution >= 0.6 is 0 Å². The normalized spacial score (nSPS) is 20.3. The van der Waals surface area contributed by atoms with Crippen molar-refractivity contribution in [3.63, 3.8) is 0 Å². The third-order valence-corrected chi connectivity index (χ3v) is 5.01. The summed E-state index contributed by atoms with van der Waals surface area (Å²) in [6.45, 7) is 4.16. The van der Waals surface area contributed by atoms with Gasteiger partial charge in [0.2, 0.25) is 0 Å². The summed E-state index contributed by atoms with van der Waals surface area (Å²) in [5.74, 6) is 0.968. The lowest BCUT2D eigenvalue weighted by Gasteiger charge is -2.36. The maximum atomic E-state index is 13.1. The Labute approximate surface area is 141 Å². The second-order valence-corrected chi connectivity index (χ2v) is 6.58. The van der Waals surface area contributed by atoms with Crippen molar-refractivity contribution in [2.75, 3.05) is 13.1 Å². The van der Waals surface area contributed by atoms with Crippen LogP contribution in [0.1, 0.15) is 43.2 Å². The third-order valence-electron chi connectivity index (χ3n) is 5.01. The van der Waals surface area contributed by atoms with Gasteiger partial charge in [0.25, 0.3) is 0 Å². The van der Waals surface area contributed by atoms with Crippen LogP contribution in [0.15, 0.2) is 52.9 Å². The molecule has 1 aliphatic rings. The topological polar surface area (TPSA) is 29.3 Å². The summed E-state index contributed by atoms with van der Waals surface area (Å²) in [5, 5.41) is 0. The van der Waals surface area contributed by atoms with Gasteiger partial charge in [-0.25, -0.2) is 9.37 Å². The van der Waals surface area contributed by atoms with Gasteiger partial charge in [0.15, 0.2) is 11.5 Å². The van der Waals surface area contributed by atoms with Crippen molar-refractivity contribution >= 4 is 11.1 Å². The van der Waals surface area contributed by atoms with Gasteiger partial charge >= 0.3 is 0 Å². The molecule has 0 radical (unpaired) electrons. The standard InChI is InChI=1S/C20H21FN2O/c1-14(15-8-10-17(21)11-9-15)23-12-4-5-16(13-23)20-22-18-6-2-3-7-19(18)24-20/h2-3,6-11,14,16H,4-5,12-13H2,1H3/t14-,16-/m0/s1. The predicted octanol–water partition coefficient (Wildman–Crippen LogP) is 4.91. The molecule has 0 bridgehead atoms. The van der Waals surface area contributed by atoms with E-state index in [2.05, 4.69) is 16.8 Å². The summed E-state index contributed by atoms with van der Waals surface area (Å²) in [7, 11) is 0. The van der Waals surface area contributed by atoms with Gasteiger partial charge in [-0.3, -0.25) is 4.90 Å². The van der Waals surface area contributed by atoms with E-state index in [1.165, 1.54) is 12.1 Å². The summed E-state index contributed by atoms with van der Waals surface area (Å²) in [6.07, 6.45) is 2.22. The van der Waals surface area contributed by atoms with Gasteiger partial charge in [0.1, 0.15) is 11.3 Å². The fraction of sp³-hybridized carbons (Fsp3) is 0.350. The molecule has 1 aromatic heterocycles. The van der Waals surface area contributed by atoms with E-state index in [1.807, 2.05) is 36.4 Å². The fourth-order valence-corrected chi connectivity index (χ4v) is 3.58. The first kappa shape index (κ1) is 15.3. The number of benzene rings is 2. The largest absolute Gasteiger partial charge is 0.440 e. The number of hydrogen-bond acceptors (Lipinski definition) is 3. The molecule has 0 amide bonds. The van der Waals surface area contributed by atoms with Gasteiger partial charge in [-0.05, 0) is 56.1 Å². The molecule has 2 heterocycles. The van der Waals surface area contributed by atoms with Gasteiger partial charge < -0.3 is 4.42 Å². The number of oxazole rings is 1. The maximum absolute atomic E-state index is 13.1. The van der Waals surface area contributed by atoms with E-state index >= 15 is 0 Å². The highest BCUT2D eigenvalue weighted by atomic mass is 19.1. The summed E-state index contributed by atoms with van der Waals surface area (Å²) >= 11 is 0. The van der Waals surface area contributed by atoms with Crippen molar-refractivity contribution in [3.05, 3.63) is 65.8 Å². The molecular formula is C20H21FN2O. The lowest BCUT2D eigenvalue weighted by molar-refractivity contribution is 0.149. The Morgan fingerprint density at radius 3 is 2.75 bits per heavy atom. The number of nitrogens with zero attached hydrogens (tertiary/aromatic N) is 2. The zero-order valence-corrected chi connectivity index (χ0v) is 13.8. The molecule has 124 valence electrons. The van der Waals surface area contributed by atoms with E-state index in [4.69, 9.17) is 4.42 Å². The highest BCUT2D eigenvalue weighted by molar-refractivity contribution is 5.72. The fourth-order valence-electron chi connectivity index (χ4n) is 3.58. The number of para-hydroxylation sites is 2. The molecule has 3 nitrogen and oxygen atoms in total.